The highest BCUT2D eigenvalue weighted by atomic mass is 16.2. The Labute approximate surface area is 75.0 Å². The topological polar surface area (TPSA) is 85.1 Å². The van der Waals surface area contributed by atoms with Gasteiger partial charge in [-0.15, -0.1) is 0 Å². The molecule has 0 radical (unpaired) electrons. The number of rotatable bonds is 2. The molecule has 0 unspecified atom stereocenters. The molecule has 0 atom stereocenters. The maximum Gasteiger partial charge on any atom is 0.288 e. The van der Waals surface area contributed by atoms with Gasteiger partial charge in [-0.3, -0.25) is 9.59 Å². The fourth-order valence-corrected chi connectivity index (χ4v) is 0.825. The third-order valence-corrected chi connectivity index (χ3v) is 1.49. The number of aldehydes is 1. The van der Waals surface area contributed by atoms with Crippen molar-refractivity contribution in [1.82, 2.24) is 4.98 Å². The van der Waals surface area contributed by atoms with Crippen molar-refractivity contribution in [2.24, 2.45) is 0 Å². The number of nitrogens with two attached hydrogens (primary N) is 1. The van der Waals surface area contributed by atoms with Gasteiger partial charge in [0.05, 0.1) is 11.9 Å². The molecular weight excluding hydrogens is 170 g/mol. The Bertz CT molecular complexity index is 349. The lowest BCUT2D eigenvalue weighted by atomic mass is 10.2. The first kappa shape index (κ1) is 9.18. The van der Waals surface area contributed by atoms with Crippen molar-refractivity contribution in [3.8, 4) is 0 Å². The Morgan fingerprint density at radius 2 is 2.38 bits per heavy atom. The molecule has 0 bridgehead atoms. The Morgan fingerprint density at radius 1 is 1.69 bits per heavy atom. The first-order valence-electron chi connectivity index (χ1n) is 3.62. The molecule has 5 nitrogen and oxygen atoms in total. The number of carbonyl (C=O) groups is 2. The van der Waals surface area contributed by atoms with Gasteiger partial charge in [0.1, 0.15) is 5.82 Å². The van der Waals surface area contributed by atoms with E-state index in [9.17, 15) is 9.59 Å². The molecule has 0 aliphatic heterocycles. The normalized spacial score (nSPS) is 9.31. The summed E-state index contributed by atoms with van der Waals surface area (Å²) < 4.78 is 0. The molecule has 1 aromatic heterocycles. The highest BCUT2D eigenvalue weighted by Gasteiger charge is 2.01. The number of carbonyl (C=O) groups excluding carboxylic acids is 2. The van der Waals surface area contributed by atoms with Crippen molar-refractivity contribution in [1.29, 1.82) is 0 Å². The van der Waals surface area contributed by atoms with Crippen LogP contribution in [0.5, 0.6) is 0 Å². The smallest absolute Gasteiger partial charge is 0.288 e. The largest absolute Gasteiger partial charge is 0.383 e. The molecule has 1 aromatic rings. The number of nitrogens with one attached hydrogen (secondary N) is 1. The van der Waals surface area contributed by atoms with Crippen LogP contribution in [0.15, 0.2) is 12.3 Å². The van der Waals surface area contributed by atoms with Crippen LogP contribution in [0.3, 0.4) is 0 Å². The van der Waals surface area contributed by atoms with Crippen molar-refractivity contribution >= 4 is 23.7 Å². The Balaban J connectivity index is 2.85. The summed E-state index contributed by atoms with van der Waals surface area (Å²) in [4.78, 5) is 24.5. The molecule has 0 spiro atoms. The monoisotopic (exact) mass is 179 g/mol. The van der Waals surface area contributed by atoms with Crippen LogP contribution in [0.2, 0.25) is 0 Å². The minimum absolute atomic E-state index is 0.200. The molecule has 1 rings (SSSR count). The van der Waals surface area contributed by atoms with Crippen LogP contribution in [0.1, 0.15) is 5.56 Å². The van der Waals surface area contributed by atoms with Crippen molar-refractivity contribution in [3.05, 3.63) is 17.8 Å². The number of nitrogens with zero attached hydrogens (tertiary/aromatic N) is 1. The van der Waals surface area contributed by atoms with Gasteiger partial charge in [0.2, 0.25) is 6.29 Å². The fraction of sp³-hybridized carbons (Fsp3) is 0.125. The molecule has 1 amide bonds. The molecule has 3 N–H and O–H groups in total. The molecule has 0 saturated carbocycles. The van der Waals surface area contributed by atoms with E-state index in [4.69, 9.17) is 5.73 Å². The first-order chi connectivity index (χ1) is 6.13. The summed E-state index contributed by atoms with van der Waals surface area (Å²) in [5.74, 6) is -0.296. The first-order valence-corrected chi connectivity index (χ1v) is 3.62. The van der Waals surface area contributed by atoms with E-state index in [1.807, 2.05) is 0 Å². The van der Waals surface area contributed by atoms with Crippen LogP contribution in [0.4, 0.5) is 11.5 Å². The molecule has 13 heavy (non-hydrogen) atoms. The van der Waals surface area contributed by atoms with Gasteiger partial charge in [-0.2, -0.15) is 0 Å². The number of amides is 1. The number of aryl methyl sites for hydroxylation is 1. The van der Waals surface area contributed by atoms with Crippen LogP contribution in [0.25, 0.3) is 0 Å². The van der Waals surface area contributed by atoms with Crippen molar-refractivity contribution in [3.63, 3.8) is 0 Å². The lowest BCUT2D eigenvalue weighted by Gasteiger charge is -2.03. The quantitative estimate of drug-likeness (QED) is 0.498. The Hall–Kier alpha value is -1.91. The zero-order valence-electron chi connectivity index (χ0n) is 7.07. The summed E-state index contributed by atoms with van der Waals surface area (Å²) in [5, 5.41) is 2.33. The molecule has 0 aromatic carbocycles. The van der Waals surface area contributed by atoms with Gasteiger partial charge in [-0.05, 0) is 18.6 Å². The zero-order chi connectivity index (χ0) is 9.84. The predicted molar refractivity (Wildman–Crippen MR) is 48.1 cm³/mol. The summed E-state index contributed by atoms with van der Waals surface area (Å²) in [6, 6.07) is 1.64. The second-order valence-corrected chi connectivity index (χ2v) is 2.53. The standard InChI is InChI=1S/C8H9N3O2/c1-5-2-6(3-10-8(5)9)11-7(13)4-12/h2-4H,1H3,(H2,9,10)(H,11,13). The highest BCUT2D eigenvalue weighted by Crippen LogP contribution is 2.12. The predicted octanol–water partition coefficient (Wildman–Crippen LogP) is 0.110. The van der Waals surface area contributed by atoms with Crippen molar-refractivity contribution in [2.45, 2.75) is 6.92 Å². The van der Waals surface area contributed by atoms with E-state index in [0.29, 0.717) is 11.5 Å². The van der Waals surface area contributed by atoms with Gasteiger partial charge in [-0.1, -0.05) is 0 Å². The van der Waals surface area contributed by atoms with E-state index < -0.39 is 5.91 Å². The number of hydrogen-bond acceptors (Lipinski definition) is 4. The molecule has 0 aliphatic rings. The molecule has 0 saturated heterocycles. The van der Waals surface area contributed by atoms with Crippen LogP contribution >= 0.6 is 0 Å². The lowest BCUT2D eigenvalue weighted by Crippen LogP contribution is -2.12. The number of pyridine rings is 1. The SMILES string of the molecule is Cc1cc(NC(=O)C=O)cnc1N. The molecule has 0 aliphatic carbocycles. The van der Waals surface area contributed by atoms with E-state index in [-0.39, 0.29) is 6.29 Å². The van der Waals surface area contributed by atoms with Crippen LogP contribution in [0, 0.1) is 6.92 Å². The fourth-order valence-electron chi connectivity index (χ4n) is 0.825. The third kappa shape index (κ3) is 2.26. The Morgan fingerprint density at radius 3 is 2.92 bits per heavy atom. The Kier molecular flexibility index (Phi) is 2.59. The molecule has 68 valence electrons. The molecular formula is C8H9N3O2. The van der Waals surface area contributed by atoms with E-state index >= 15 is 0 Å². The maximum absolute atomic E-state index is 10.6. The molecule has 0 fully saturated rings. The minimum atomic E-state index is -0.703. The molecule has 5 heteroatoms. The summed E-state index contributed by atoms with van der Waals surface area (Å²) in [5.41, 5.74) is 6.67. The second-order valence-electron chi connectivity index (χ2n) is 2.53. The summed E-state index contributed by atoms with van der Waals surface area (Å²) in [6.45, 7) is 1.76. The number of aromatic nitrogens is 1. The van der Waals surface area contributed by atoms with Crippen molar-refractivity contribution in [2.75, 3.05) is 11.1 Å². The summed E-state index contributed by atoms with van der Waals surface area (Å²) in [6.07, 6.45) is 1.59. The van der Waals surface area contributed by atoms with Gasteiger partial charge < -0.3 is 11.1 Å². The number of anilines is 2. The summed E-state index contributed by atoms with van der Waals surface area (Å²) >= 11 is 0. The van der Waals surface area contributed by atoms with Gasteiger partial charge in [0.25, 0.3) is 5.91 Å². The van der Waals surface area contributed by atoms with Crippen molar-refractivity contribution < 1.29 is 9.59 Å². The van der Waals surface area contributed by atoms with E-state index in [1.54, 1.807) is 13.0 Å². The number of nitrogen functional groups attached to an aromatic ring is 1. The van der Waals surface area contributed by atoms with Gasteiger partial charge in [0, 0.05) is 0 Å². The average molecular weight is 179 g/mol. The molecule has 1 heterocycles. The minimum Gasteiger partial charge on any atom is -0.383 e. The van der Waals surface area contributed by atoms with Crippen LogP contribution in [-0.4, -0.2) is 17.2 Å². The van der Waals surface area contributed by atoms with E-state index in [0.717, 1.165) is 5.56 Å². The van der Waals surface area contributed by atoms with Gasteiger partial charge >= 0.3 is 0 Å². The average Bonchev–Trinajstić information content (AvgIpc) is 2.11. The van der Waals surface area contributed by atoms with Gasteiger partial charge in [0.15, 0.2) is 0 Å². The van der Waals surface area contributed by atoms with Crippen LogP contribution < -0.4 is 11.1 Å². The lowest BCUT2D eigenvalue weighted by molar-refractivity contribution is -0.127. The van der Waals surface area contributed by atoms with E-state index in [2.05, 4.69) is 10.3 Å². The van der Waals surface area contributed by atoms with E-state index in [1.165, 1.54) is 6.20 Å². The van der Waals surface area contributed by atoms with Crippen LogP contribution in [-0.2, 0) is 9.59 Å². The third-order valence-electron chi connectivity index (χ3n) is 1.49. The summed E-state index contributed by atoms with van der Waals surface area (Å²) in [7, 11) is 0. The number of hydrogen-bond donors (Lipinski definition) is 2. The zero-order valence-corrected chi connectivity index (χ0v) is 7.07. The maximum atomic E-state index is 10.6. The second kappa shape index (κ2) is 3.66. The van der Waals surface area contributed by atoms with Gasteiger partial charge in [-0.25, -0.2) is 4.98 Å². The highest BCUT2D eigenvalue weighted by molar-refractivity contribution is 6.29.